The fourth-order valence-corrected chi connectivity index (χ4v) is 1.56. The molecular formula is C14H21NO2. The zero-order chi connectivity index (χ0) is 12.9. The molecule has 0 aliphatic rings. The van der Waals surface area contributed by atoms with E-state index in [1.807, 2.05) is 58.0 Å². The quantitative estimate of drug-likeness (QED) is 0.815. The molecule has 94 valence electrons. The van der Waals surface area contributed by atoms with E-state index < -0.39 is 0 Å². The maximum Gasteiger partial charge on any atom is 0.329 e. The third-order valence-electron chi connectivity index (χ3n) is 2.47. The summed E-state index contributed by atoms with van der Waals surface area (Å²) in [5, 5.41) is 3.23. The lowest BCUT2D eigenvalue weighted by Crippen LogP contribution is -2.42. The molecule has 0 aliphatic carbocycles. The smallest absolute Gasteiger partial charge is 0.329 e. The van der Waals surface area contributed by atoms with Crippen molar-refractivity contribution in [3.63, 3.8) is 0 Å². The van der Waals surface area contributed by atoms with Crippen LogP contribution >= 0.6 is 0 Å². The van der Waals surface area contributed by atoms with E-state index in [4.69, 9.17) is 4.74 Å². The van der Waals surface area contributed by atoms with Gasteiger partial charge in [0.15, 0.2) is 0 Å². The summed E-state index contributed by atoms with van der Waals surface area (Å²) in [7, 11) is 0. The Morgan fingerprint density at radius 1 is 1.29 bits per heavy atom. The zero-order valence-corrected chi connectivity index (χ0v) is 11.0. The van der Waals surface area contributed by atoms with Crippen molar-refractivity contribution in [2.75, 3.05) is 11.9 Å². The molecular weight excluding hydrogens is 214 g/mol. The molecule has 0 aromatic heterocycles. The number of ether oxygens (including phenoxy) is 1. The average molecular weight is 235 g/mol. The molecule has 1 aromatic rings. The summed E-state index contributed by atoms with van der Waals surface area (Å²) in [5.74, 6) is -0.205. The molecule has 0 bridgehead atoms. The zero-order valence-electron chi connectivity index (χ0n) is 11.0. The van der Waals surface area contributed by atoms with Crippen LogP contribution in [0.4, 0.5) is 5.69 Å². The van der Waals surface area contributed by atoms with Crippen molar-refractivity contribution < 1.29 is 9.53 Å². The van der Waals surface area contributed by atoms with Gasteiger partial charge >= 0.3 is 5.97 Å². The Morgan fingerprint density at radius 3 is 2.35 bits per heavy atom. The van der Waals surface area contributed by atoms with Crippen molar-refractivity contribution in [2.24, 2.45) is 5.41 Å². The number of hydrogen-bond donors (Lipinski definition) is 1. The molecule has 17 heavy (non-hydrogen) atoms. The van der Waals surface area contributed by atoms with Gasteiger partial charge in [0.2, 0.25) is 0 Å². The number of carbonyl (C=O) groups excluding carboxylic acids is 1. The maximum absolute atomic E-state index is 11.9. The summed E-state index contributed by atoms with van der Waals surface area (Å²) in [6, 6.07) is 9.36. The summed E-state index contributed by atoms with van der Waals surface area (Å²) < 4.78 is 5.10. The van der Waals surface area contributed by atoms with E-state index in [9.17, 15) is 4.79 Å². The molecule has 0 fully saturated rings. The third kappa shape index (κ3) is 4.10. The van der Waals surface area contributed by atoms with E-state index >= 15 is 0 Å². The Balaban J connectivity index is 2.82. The van der Waals surface area contributed by atoms with Gasteiger partial charge in [-0.15, -0.1) is 0 Å². The first kappa shape index (κ1) is 13.6. The van der Waals surface area contributed by atoms with Crippen molar-refractivity contribution in [3.05, 3.63) is 30.3 Å². The number of benzene rings is 1. The van der Waals surface area contributed by atoms with Gasteiger partial charge in [-0.1, -0.05) is 39.0 Å². The topological polar surface area (TPSA) is 38.3 Å². The van der Waals surface area contributed by atoms with Crippen LogP contribution in [0.5, 0.6) is 0 Å². The van der Waals surface area contributed by atoms with Crippen molar-refractivity contribution in [1.29, 1.82) is 0 Å². The van der Waals surface area contributed by atoms with Gasteiger partial charge in [0.25, 0.3) is 0 Å². The number of nitrogens with one attached hydrogen (secondary N) is 1. The predicted octanol–water partition coefficient (Wildman–Crippen LogP) is 3.08. The van der Waals surface area contributed by atoms with E-state index in [0.29, 0.717) is 6.61 Å². The molecule has 1 atom stereocenters. The van der Waals surface area contributed by atoms with E-state index in [1.54, 1.807) is 0 Å². The van der Waals surface area contributed by atoms with Crippen LogP contribution in [0.1, 0.15) is 27.7 Å². The molecule has 3 heteroatoms. The minimum absolute atomic E-state index is 0.192. The van der Waals surface area contributed by atoms with Crippen LogP contribution in [0.25, 0.3) is 0 Å². The minimum atomic E-state index is -0.343. The van der Waals surface area contributed by atoms with Gasteiger partial charge < -0.3 is 10.1 Å². The fourth-order valence-electron chi connectivity index (χ4n) is 1.56. The first-order chi connectivity index (χ1) is 7.95. The Labute approximate surface area is 103 Å². The molecule has 0 amide bonds. The summed E-state index contributed by atoms with van der Waals surface area (Å²) in [6.45, 7) is 8.28. The molecule has 0 saturated carbocycles. The number of hydrogen-bond acceptors (Lipinski definition) is 3. The fraction of sp³-hybridized carbons (Fsp3) is 0.500. The highest BCUT2D eigenvalue weighted by Crippen LogP contribution is 2.24. The van der Waals surface area contributed by atoms with Gasteiger partial charge in [0, 0.05) is 5.69 Å². The van der Waals surface area contributed by atoms with Gasteiger partial charge in [-0.25, -0.2) is 4.79 Å². The second-order valence-corrected chi connectivity index (χ2v) is 5.06. The summed E-state index contributed by atoms with van der Waals surface area (Å²) in [4.78, 5) is 11.9. The molecule has 0 spiro atoms. The standard InChI is InChI=1S/C14H21NO2/c1-5-17-13(16)12(14(2,3)4)15-11-9-7-6-8-10-11/h6-10,12,15H,5H2,1-4H3. The van der Waals surface area contributed by atoms with Gasteiger partial charge in [-0.3, -0.25) is 0 Å². The van der Waals surface area contributed by atoms with Crippen molar-refractivity contribution in [1.82, 2.24) is 0 Å². The van der Waals surface area contributed by atoms with Crippen LogP contribution < -0.4 is 5.32 Å². The number of anilines is 1. The number of para-hydroxylation sites is 1. The van der Waals surface area contributed by atoms with Gasteiger partial charge in [-0.2, -0.15) is 0 Å². The predicted molar refractivity (Wildman–Crippen MR) is 69.9 cm³/mol. The highest BCUT2D eigenvalue weighted by molar-refractivity contribution is 5.80. The van der Waals surface area contributed by atoms with Crippen LogP contribution in [0.3, 0.4) is 0 Å². The molecule has 1 N–H and O–H groups in total. The van der Waals surface area contributed by atoms with Gasteiger partial charge in [-0.05, 0) is 24.5 Å². The molecule has 0 saturated heterocycles. The van der Waals surface area contributed by atoms with Gasteiger partial charge in [0.05, 0.1) is 6.61 Å². The average Bonchev–Trinajstić information content (AvgIpc) is 2.26. The van der Waals surface area contributed by atoms with E-state index in [0.717, 1.165) is 5.69 Å². The van der Waals surface area contributed by atoms with Crippen LogP contribution in [0.2, 0.25) is 0 Å². The van der Waals surface area contributed by atoms with Crippen LogP contribution in [0, 0.1) is 5.41 Å². The molecule has 0 heterocycles. The van der Waals surface area contributed by atoms with Crippen molar-refractivity contribution in [3.8, 4) is 0 Å². The van der Waals surface area contributed by atoms with Crippen molar-refractivity contribution in [2.45, 2.75) is 33.7 Å². The lowest BCUT2D eigenvalue weighted by molar-refractivity contribution is -0.146. The van der Waals surface area contributed by atoms with Crippen LogP contribution in [-0.2, 0) is 9.53 Å². The first-order valence-corrected chi connectivity index (χ1v) is 5.93. The Morgan fingerprint density at radius 2 is 1.88 bits per heavy atom. The van der Waals surface area contributed by atoms with E-state index in [1.165, 1.54) is 0 Å². The van der Waals surface area contributed by atoms with Crippen LogP contribution in [0.15, 0.2) is 30.3 Å². The normalized spacial score (nSPS) is 12.9. The molecule has 1 unspecified atom stereocenters. The second kappa shape index (κ2) is 5.71. The Bertz CT molecular complexity index is 354. The first-order valence-electron chi connectivity index (χ1n) is 5.93. The number of carbonyl (C=O) groups is 1. The monoisotopic (exact) mass is 235 g/mol. The Hall–Kier alpha value is -1.51. The molecule has 1 aromatic carbocycles. The second-order valence-electron chi connectivity index (χ2n) is 5.06. The Kier molecular flexibility index (Phi) is 4.55. The van der Waals surface area contributed by atoms with Gasteiger partial charge in [0.1, 0.15) is 6.04 Å². The largest absolute Gasteiger partial charge is 0.464 e. The molecule has 0 radical (unpaired) electrons. The van der Waals surface area contributed by atoms with Crippen molar-refractivity contribution >= 4 is 11.7 Å². The molecule has 1 rings (SSSR count). The SMILES string of the molecule is CCOC(=O)C(Nc1ccccc1)C(C)(C)C. The van der Waals surface area contributed by atoms with E-state index in [2.05, 4.69) is 5.32 Å². The van der Waals surface area contributed by atoms with E-state index in [-0.39, 0.29) is 17.4 Å². The summed E-state index contributed by atoms with van der Waals surface area (Å²) in [6.07, 6.45) is 0. The number of rotatable bonds is 4. The number of esters is 1. The third-order valence-corrected chi connectivity index (χ3v) is 2.47. The maximum atomic E-state index is 11.9. The lowest BCUT2D eigenvalue weighted by Gasteiger charge is -2.30. The lowest BCUT2D eigenvalue weighted by atomic mass is 9.86. The molecule has 3 nitrogen and oxygen atoms in total. The van der Waals surface area contributed by atoms with Crippen LogP contribution in [-0.4, -0.2) is 18.6 Å². The minimum Gasteiger partial charge on any atom is -0.464 e. The highest BCUT2D eigenvalue weighted by atomic mass is 16.5. The highest BCUT2D eigenvalue weighted by Gasteiger charge is 2.32. The summed E-state index contributed by atoms with van der Waals surface area (Å²) >= 11 is 0. The summed E-state index contributed by atoms with van der Waals surface area (Å²) in [5.41, 5.74) is 0.739. The molecule has 0 aliphatic heterocycles.